The van der Waals surface area contributed by atoms with Crippen molar-refractivity contribution in [3.8, 4) is 11.4 Å². The zero-order chi connectivity index (χ0) is 23.7. The highest BCUT2D eigenvalue weighted by molar-refractivity contribution is 6.00. The molecule has 0 spiro atoms. The number of amides is 2. The van der Waals surface area contributed by atoms with E-state index in [1.165, 1.54) is 5.56 Å². The summed E-state index contributed by atoms with van der Waals surface area (Å²) in [6.07, 6.45) is 6.54. The van der Waals surface area contributed by atoms with Gasteiger partial charge in [0.1, 0.15) is 17.1 Å². The smallest absolute Gasteiger partial charge is 0.252 e. The van der Waals surface area contributed by atoms with E-state index in [2.05, 4.69) is 41.6 Å². The van der Waals surface area contributed by atoms with Gasteiger partial charge in [0.05, 0.1) is 12.6 Å². The molecule has 3 aromatic rings. The standard InChI is InChI=1S/C27H30N4O3/c1-18(2)17-34-21-10-7-20(8-11-21)25(32)30-27(13-14-27)26(33)29-22-12-9-19-5-3-4-6-23(19)31-16-15-28-24(22)31/h3-8,10-11,15-16,18,22H,9,12-14,17H2,1-2H3,(H,29,33)(H,30,32). The molecule has 2 aliphatic rings. The quantitative estimate of drug-likeness (QED) is 0.561. The highest BCUT2D eigenvalue weighted by Gasteiger charge is 2.52. The second-order valence-corrected chi connectivity index (χ2v) is 9.61. The van der Waals surface area contributed by atoms with Crippen molar-refractivity contribution >= 4 is 11.8 Å². The molecule has 0 bridgehead atoms. The van der Waals surface area contributed by atoms with E-state index < -0.39 is 5.54 Å². The molecule has 7 nitrogen and oxygen atoms in total. The van der Waals surface area contributed by atoms with E-state index in [4.69, 9.17) is 4.74 Å². The van der Waals surface area contributed by atoms with Crippen LogP contribution in [-0.2, 0) is 11.2 Å². The SMILES string of the molecule is CC(C)COc1ccc(C(=O)NC2(C(=O)NC3CCc4ccccc4-n4ccnc43)CC2)cc1. The molecule has 5 rings (SSSR count). The van der Waals surface area contributed by atoms with Gasteiger partial charge in [-0.3, -0.25) is 9.59 Å². The van der Waals surface area contributed by atoms with E-state index in [9.17, 15) is 9.59 Å². The number of aryl methyl sites for hydroxylation is 1. The summed E-state index contributed by atoms with van der Waals surface area (Å²) >= 11 is 0. The number of carbonyl (C=O) groups is 2. The van der Waals surface area contributed by atoms with Crippen molar-refractivity contribution in [2.45, 2.75) is 51.1 Å². The molecule has 176 valence electrons. The first kappa shape index (κ1) is 22.2. The lowest BCUT2D eigenvalue weighted by molar-refractivity contribution is -0.124. The van der Waals surface area contributed by atoms with Crippen molar-refractivity contribution < 1.29 is 14.3 Å². The fourth-order valence-electron chi connectivity index (χ4n) is 4.38. The maximum atomic E-state index is 13.3. The zero-order valence-corrected chi connectivity index (χ0v) is 19.6. The fraction of sp³-hybridized carbons (Fsp3) is 0.370. The lowest BCUT2D eigenvalue weighted by Crippen LogP contribution is -2.50. The molecule has 7 heteroatoms. The summed E-state index contributed by atoms with van der Waals surface area (Å²) in [6, 6.07) is 15.1. The molecule has 1 unspecified atom stereocenters. The van der Waals surface area contributed by atoms with Crippen molar-refractivity contribution in [3.05, 3.63) is 77.9 Å². The van der Waals surface area contributed by atoms with Gasteiger partial charge < -0.3 is 19.9 Å². The molecule has 1 aromatic heterocycles. The third-order valence-electron chi connectivity index (χ3n) is 6.48. The van der Waals surface area contributed by atoms with Gasteiger partial charge in [-0.25, -0.2) is 4.98 Å². The average molecular weight is 459 g/mol. The number of ether oxygens (including phenoxy) is 1. The fourth-order valence-corrected chi connectivity index (χ4v) is 4.38. The molecule has 1 aliphatic carbocycles. The Labute approximate surface area is 199 Å². The minimum Gasteiger partial charge on any atom is -0.493 e. The number of rotatable bonds is 7. The molecule has 2 heterocycles. The molecule has 0 saturated heterocycles. The molecule has 0 radical (unpaired) electrons. The number of para-hydroxylation sites is 1. The summed E-state index contributed by atoms with van der Waals surface area (Å²) < 4.78 is 7.74. The Hall–Kier alpha value is -3.61. The normalized spacial score (nSPS) is 17.8. The van der Waals surface area contributed by atoms with Crippen LogP contribution in [0.1, 0.15) is 60.9 Å². The van der Waals surface area contributed by atoms with Crippen molar-refractivity contribution in [2.24, 2.45) is 5.92 Å². The van der Waals surface area contributed by atoms with Crippen LogP contribution in [0.2, 0.25) is 0 Å². The van der Waals surface area contributed by atoms with Gasteiger partial charge in [-0.15, -0.1) is 0 Å². The first-order valence-electron chi connectivity index (χ1n) is 11.9. The van der Waals surface area contributed by atoms with Gasteiger partial charge in [0.15, 0.2) is 0 Å². The second-order valence-electron chi connectivity index (χ2n) is 9.61. The number of aromatic nitrogens is 2. The van der Waals surface area contributed by atoms with Gasteiger partial charge in [-0.2, -0.15) is 0 Å². The maximum absolute atomic E-state index is 13.3. The molecule has 1 saturated carbocycles. The third kappa shape index (κ3) is 4.42. The number of nitrogens with zero attached hydrogens (tertiary/aromatic N) is 2. The number of nitrogens with one attached hydrogen (secondary N) is 2. The first-order valence-corrected chi connectivity index (χ1v) is 11.9. The topological polar surface area (TPSA) is 85.2 Å². The number of carbonyl (C=O) groups excluding carboxylic acids is 2. The summed E-state index contributed by atoms with van der Waals surface area (Å²) in [7, 11) is 0. The summed E-state index contributed by atoms with van der Waals surface area (Å²) in [5, 5.41) is 6.15. The Morgan fingerprint density at radius 1 is 1.15 bits per heavy atom. The van der Waals surface area contributed by atoms with Crippen LogP contribution in [0, 0.1) is 5.92 Å². The summed E-state index contributed by atoms with van der Waals surface area (Å²) in [5.74, 6) is 1.57. The Kier molecular flexibility index (Phi) is 5.86. The zero-order valence-electron chi connectivity index (χ0n) is 19.6. The van der Waals surface area contributed by atoms with Crippen LogP contribution in [0.5, 0.6) is 5.75 Å². The average Bonchev–Trinajstić information content (AvgIpc) is 3.50. The van der Waals surface area contributed by atoms with E-state index in [-0.39, 0.29) is 17.9 Å². The molecule has 2 amide bonds. The van der Waals surface area contributed by atoms with E-state index in [0.29, 0.717) is 30.9 Å². The van der Waals surface area contributed by atoms with Crippen LogP contribution in [0.4, 0.5) is 0 Å². The first-order chi connectivity index (χ1) is 16.4. The highest BCUT2D eigenvalue weighted by Crippen LogP contribution is 2.37. The van der Waals surface area contributed by atoms with Crippen molar-refractivity contribution in [1.29, 1.82) is 0 Å². The minimum absolute atomic E-state index is 0.150. The monoisotopic (exact) mass is 458 g/mol. The van der Waals surface area contributed by atoms with Gasteiger partial charge in [0, 0.05) is 23.6 Å². The van der Waals surface area contributed by atoms with Crippen LogP contribution < -0.4 is 15.4 Å². The number of hydrogen-bond acceptors (Lipinski definition) is 4. The Morgan fingerprint density at radius 3 is 2.65 bits per heavy atom. The summed E-state index contributed by atoms with van der Waals surface area (Å²) in [6.45, 7) is 4.80. The van der Waals surface area contributed by atoms with Crippen LogP contribution in [-0.4, -0.2) is 33.5 Å². The van der Waals surface area contributed by atoms with Crippen LogP contribution in [0.3, 0.4) is 0 Å². The largest absolute Gasteiger partial charge is 0.493 e. The molecule has 2 aromatic carbocycles. The predicted molar refractivity (Wildman–Crippen MR) is 129 cm³/mol. The van der Waals surface area contributed by atoms with Gasteiger partial charge in [-0.1, -0.05) is 32.0 Å². The number of fused-ring (bicyclic) bond motifs is 3. The van der Waals surface area contributed by atoms with Gasteiger partial charge in [0.2, 0.25) is 5.91 Å². The Morgan fingerprint density at radius 2 is 1.91 bits per heavy atom. The Balaban J connectivity index is 1.25. The number of benzene rings is 2. The number of hydrogen-bond donors (Lipinski definition) is 2. The number of imidazole rings is 1. The molecule has 1 atom stereocenters. The third-order valence-corrected chi connectivity index (χ3v) is 6.48. The van der Waals surface area contributed by atoms with Gasteiger partial charge in [-0.05, 0) is 67.5 Å². The predicted octanol–water partition coefficient (Wildman–Crippen LogP) is 3.97. The summed E-state index contributed by atoms with van der Waals surface area (Å²) in [4.78, 5) is 30.7. The molecule has 1 aliphatic heterocycles. The van der Waals surface area contributed by atoms with Crippen molar-refractivity contribution in [2.75, 3.05) is 6.61 Å². The van der Waals surface area contributed by atoms with Gasteiger partial charge in [0.25, 0.3) is 5.91 Å². The summed E-state index contributed by atoms with van der Waals surface area (Å²) in [5.41, 5.74) is 1.98. The molecular formula is C27H30N4O3. The lowest BCUT2D eigenvalue weighted by Gasteiger charge is -2.22. The second kappa shape index (κ2) is 8.97. The maximum Gasteiger partial charge on any atom is 0.252 e. The van der Waals surface area contributed by atoms with Crippen LogP contribution in [0.25, 0.3) is 5.69 Å². The van der Waals surface area contributed by atoms with E-state index in [1.54, 1.807) is 30.5 Å². The Bertz CT molecular complexity index is 1190. The molecular weight excluding hydrogens is 428 g/mol. The van der Waals surface area contributed by atoms with Crippen LogP contribution >= 0.6 is 0 Å². The highest BCUT2D eigenvalue weighted by atomic mass is 16.5. The molecule has 34 heavy (non-hydrogen) atoms. The van der Waals surface area contributed by atoms with Crippen molar-refractivity contribution in [1.82, 2.24) is 20.2 Å². The van der Waals surface area contributed by atoms with E-state index in [1.807, 2.05) is 22.9 Å². The minimum atomic E-state index is -0.861. The van der Waals surface area contributed by atoms with E-state index >= 15 is 0 Å². The molecule has 1 fully saturated rings. The van der Waals surface area contributed by atoms with Crippen molar-refractivity contribution in [3.63, 3.8) is 0 Å². The van der Waals surface area contributed by atoms with E-state index in [0.717, 1.165) is 30.1 Å². The lowest BCUT2D eigenvalue weighted by atomic mass is 10.0. The molecule has 2 N–H and O–H groups in total. The van der Waals surface area contributed by atoms with Gasteiger partial charge >= 0.3 is 0 Å². The van der Waals surface area contributed by atoms with Crippen LogP contribution in [0.15, 0.2) is 60.9 Å².